The molecule has 0 aromatic heterocycles. The van der Waals surface area contributed by atoms with E-state index in [2.05, 4.69) is 29.0 Å². The molecule has 3 amide bonds. The van der Waals surface area contributed by atoms with Gasteiger partial charge in [0.1, 0.15) is 0 Å². The van der Waals surface area contributed by atoms with Crippen molar-refractivity contribution in [2.45, 2.75) is 103 Å². The first-order valence-corrected chi connectivity index (χ1v) is 18.2. The second-order valence-corrected chi connectivity index (χ2v) is 13.9. The van der Waals surface area contributed by atoms with Crippen molar-refractivity contribution in [3.63, 3.8) is 0 Å². The highest BCUT2D eigenvalue weighted by Gasteiger charge is 2.37. The molecule has 2 fully saturated rings. The Morgan fingerprint density at radius 1 is 0.762 bits per heavy atom. The molecule has 42 heavy (non-hydrogen) atoms. The van der Waals surface area contributed by atoms with Crippen LogP contribution in [0, 0.1) is 0 Å². The van der Waals surface area contributed by atoms with Gasteiger partial charge in [0.15, 0.2) is 0 Å². The number of hydrogen-bond donors (Lipinski definition) is 2. The maximum absolute atomic E-state index is 11.8. The van der Waals surface area contributed by atoms with E-state index in [0.29, 0.717) is 59.3 Å². The fourth-order valence-corrected chi connectivity index (χ4v) is 7.17. The summed E-state index contributed by atoms with van der Waals surface area (Å²) in [6.45, 7) is 7.46. The van der Waals surface area contributed by atoms with Crippen LogP contribution in [0.2, 0.25) is 6.55 Å². The Hall–Kier alpha value is -1.67. The summed E-state index contributed by atoms with van der Waals surface area (Å²) >= 11 is 0. The number of ether oxygens (including phenoxy) is 4. The summed E-state index contributed by atoms with van der Waals surface area (Å²) in [4.78, 5) is 34.0. The Bertz CT molecular complexity index is 801. The molecule has 242 valence electrons. The van der Waals surface area contributed by atoms with E-state index in [9.17, 15) is 14.4 Å². The van der Waals surface area contributed by atoms with Crippen LogP contribution in [0.4, 0.5) is 0 Å². The highest BCUT2D eigenvalue weighted by Crippen LogP contribution is 2.27. The van der Waals surface area contributed by atoms with E-state index in [1.165, 1.54) is 6.92 Å². The van der Waals surface area contributed by atoms with Crippen LogP contribution in [-0.4, -0.2) is 97.9 Å². The van der Waals surface area contributed by atoms with Gasteiger partial charge in [-0.05, 0) is 44.4 Å². The van der Waals surface area contributed by atoms with Crippen molar-refractivity contribution in [2.75, 3.05) is 59.4 Å². The van der Waals surface area contributed by atoms with Gasteiger partial charge >= 0.3 is 8.56 Å². The van der Waals surface area contributed by atoms with E-state index < -0.39 is 20.4 Å². The van der Waals surface area contributed by atoms with Crippen LogP contribution in [0.1, 0.15) is 84.0 Å². The molecule has 0 aromatic carbocycles. The number of imide groups is 1. The smallest absolute Gasteiger partial charge is 0.361 e. The van der Waals surface area contributed by atoms with Gasteiger partial charge in [-0.3, -0.25) is 19.7 Å². The Labute approximate surface area is 253 Å². The molecular weight excluding hydrogens is 560 g/mol. The third-order valence-electron chi connectivity index (χ3n) is 7.15. The molecule has 0 spiro atoms. The second-order valence-electron chi connectivity index (χ2n) is 11.0. The topological polar surface area (TPSA) is 131 Å². The summed E-state index contributed by atoms with van der Waals surface area (Å²) in [5.41, 5.74) is 2.17. The van der Waals surface area contributed by atoms with Gasteiger partial charge in [0.05, 0.1) is 71.6 Å². The van der Waals surface area contributed by atoms with Crippen molar-refractivity contribution in [3.05, 3.63) is 11.8 Å². The molecule has 2 N–H and O–H groups in total. The lowest BCUT2D eigenvalue weighted by Gasteiger charge is -2.36. The molecule has 11 nitrogen and oxygen atoms in total. The first-order valence-electron chi connectivity index (χ1n) is 15.8. The number of allylic oxidation sites excluding steroid dienone is 1. The van der Waals surface area contributed by atoms with Gasteiger partial charge < -0.3 is 33.1 Å². The van der Waals surface area contributed by atoms with Crippen molar-refractivity contribution >= 4 is 26.3 Å². The zero-order valence-corrected chi connectivity index (χ0v) is 26.8. The average Bonchev–Trinajstić information content (AvgIpc) is 2.95. The third kappa shape index (κ3) is 18.1. The number of hydrogen-bond acceptors (Lipinski definition) is 9. The minimum atomic E-state index is -2.58. The van der Waals surface area contributed by atoms with Crippen molar-refractivity contribution in [2.24, 2.45) is 0 Å². The second kappa shape index (κ2) is 22.8. The van der Waals surface area contributed by atoms with E-state index in [4.69, 9.17) is 27.8 Å². The van der Waals surface area contributed by atoms with Crippen molar-refractivity contribution < 1.29 is 42.2 Å². The van der Waals surface area contributed by atoms with E-state index in [1.807, 2.05) is 0 Å². The number of unbranched alkanes of at least 4 members (excludes halogenated alkanes) is 6. The largest absolute Gasteiger partial charge is 0.389 e. The van der Waals surface area contributed by atoms with Crippen LogP contribution in [0.25, 0.3) is 0 Å². The molecule has 12 heteroatoms. The number of nitrogens with one attached hydrogen (secondary N) is 2. The predicted octanol–water partition coefficient (Wildman–Crippen LogP) is 3.48. The van der Waals surface area contributed by atoms with E-state index >= 15 is 0 Å². The Morgan fingerprint density at radius 2 is 1.36 bits per heavy atom. The van der Waals surface area contributed by atoms with Crippen LogP contribution < -0.4 is 10.6 Å². The van der Waals surface area contributed by atoms with Crippen LogP contribution in [0.3, 0.4) is 0 Å². The van der Waals surface area contributed by atoms with Gasteiger partial charge in [0.25, 0.3) is 0 Å². The lowest BCUT2D eigenvalue weighted by Crippen LogP contribution is -2.47. The standard InChI is InChI=1S/C30H54N2O9Si/c1-26(33)32-30(35)25-31-29(34)15-9-7-5-3-4-6-8-12-24-42(2)40-23-21-38-19-17-36-16-18-37-20-22-39-27-13-10-11-14-28(27)41-42/h12,24,27-28H,3-11,13-23,25H2,1-2H3,(H,31,34)(H,32,33,35)/b24-12-. The number of carbonyl (C=O) groups is 3. The third-order valence-corrected chi connectivity index (χ3v) is 9.54. The number of amides is 3. The summed E-state index contributed by atoms with van der Waals surface area (Å²) in [5.74, 6) is -1.09. The summed E-state index contributed by atoms with van der Waals surface area (Å²) in [7, 11) is -2.58. The Morgan fingerprint density at radius 3 is 2.05 bits per heavy atom. The zero-order valence-electron chi connectivity index (χ0n) is 25.8. The first-order chi connectivity index (χ1) is 20.4. The van der Waals surface area contributed by atoms with Gasteiger partial charge in [-0.15, -0.1) is 0 Å². The Kier molecular flexibility index (Phi) is 19.8. The molecule has 3 atom stereocenters. The van der Waals surface area contributed by atoms with Crippen molar-refractivity contribution in [1.29, 1.82) is 0 Å². The van der Waals surface area contributed by atoms with E-state index in [0.717, 1.165) is 70.6 Å². The highest BCUT2D eigenvalue weighted by molar-refractivity contribution is 6.71. The van der Waals surface area contributed by atoms with Crippen LogP contribution in [-0.2, 0) is 42.2 Å². The van der Waals surface area contributed by atoms with E-state index in [-0.39, 0.29) is 24.7 Å². The normalized spacial score (nSPS) is 25.3. The van der Waals surface area contributed by atoms with Crippen LogP contribution in [0.15, 0.2) is 11.8 Å². The monoisotopic (exact) mass is 614 g/mol. The summed E-state index contributed by atoms with van der Waals surface area (Å²) in [6.07, 6.45) is 14.1. The zero-order chi connectivity index (χ0) is 30.3. The quantitative estimate of drug-likeness (QED) is 0.251. The van der Waals surface area contributed by atoms with Gasteiger partial charge in [-0.25, -0.2) is 0 Å². The predicted molar refractivity (Wildman–Crippen MR) is 161 cm³/mol. The highest BCUT2D eigenvalue weighted by atomic mass is 28.4. The van der Waals surface area contributed by atoms with Crippen molar-refractivity contribution in [1.82, 2.24) is 10.6 Å². The lowest BCUT2D eigenvalue weighted by molar-refractivity contribution is -0.131. The van der Waals surface area contributed by atoms with Crippen molar-refractivity contribution in [3.8, 4) is 0 Å². The van der Waals surface area contributed by atoms with Gasteiger partial charge in [-0.2, -0.15) is 0 Å². The molecule has 0 radical (unpaired) electrons. The molecular formula is C30H54N2O9Si. The number of carbonyl (C=O) groups excluding carboxylic acids is 3. The molecule has 1 aliphatic heterocycles. The van der Waals surface area contributed by atoms with Crippen LogP contribution in [0.5, 0.6) is 0 Å². The molecule has 1 saturated carbocycles. The molecule has 0 aromatic rings. The average molecular weight is 615 g/mol. The van der Waals surface area contributed by atoms with Gasteiger partial charge in [-0.1, -0.05) is 44.6 Å². The minimum Gasteiger partial charge on any atom is -0.389 e. The number of rotatable bonds is 12. The minimum absolute atomic E-state index is 0.0276. The van der Waals surface area contributed by atoms with Gasteiger partial charge in [0.2, 0.25) is 17.7 Å². The van der Waals surface area contributed by atoms with Gasteiger partial charge in [0, 0.05) is 13.3 Å². The number of fused-ring (bicyclic) bond motifs is 1. The van der Waals surface area contributed by atoms with Crippen LogP contribution >= 0.6 is 0 Å². The molecule has 1 saturated heterocycles. The fourth-order valence-electron chi connectivity index (χ4n) is 4.97. The summed E-state index contributed by atoms with van der Waals surface area (Å²) in [5, 5.41) is 4.67. The SMILES string of the molecule is CC(=O)NC(=O)CNC(=O)CCCCCCCC/C=C\[Si]1(C)OCCOCCOCCOCCOC2CCCCC2O1. The molecule has 2 rings (SSSR count). The molecule has 1 aliphatic carbocycles. The van der Waals surface area contributed by atoms with E-state index in [1.54, 1.807) is 0 Å². The fraction of sp³-hybridized carbons (Fsp3) is 0.833. The molecule has 2 aliphatic rings. The molecule has 1 heterocycles. The molecule has 3 unspecified atom stereocenters. The maximum atomic E-state index is 11.8. The Balaban J connectivity index is 1.69. The maximum Gasteiger partial charge on any atom is 0.361 e. The first kappa shape index (κ1) is 36.5. The summed E-state index contributed by atoms with van der Waals surface area (Å²) in [6, 6.07) is 0. The lowest BCUT2D eigenvalue weighted by atomic mass is 9.95. The molecule has 0 bridgehead atoms. The summed E-state index contributed by atoms with van der Waals surface area (Å²) < 4.78 is 36.1.